The highest BCUT2D eigenvalue weighted by Gasteiger charge is 2.02. The largest absolute Gasteiger partial charge is 0.497 e. The fourth-order valence-electron chi connectivity index (χ4n) is 0.787. The quantitative estimate of drug-likeness (QED) is 0.645. The minimum atomic E-state index is -0.440. The molecule has 0 saturated heterocycles. The molecule has 0 aliphatic heterocycles. The van der Waals surface area contributed by atoms with Gasteiger partial charge in [0.05, 0.1) is 12.1 Å². The Kier molecular flexibility index (Phi) is 2.71. The molecule has 0 aliphatic carbocycles. The van der Waals surface area contributed by atoms with E-state index in [4.69, 9.17) is 16.3 Å². The summed E-state index contributed by atoms with van der Waals surface area (Å²) in [6.07, 6.45) is 0. The summed E-state index contributed by atoms with van der Waals surface area (Å²) in [5.41, 5.74) is 0.684. The van der Waals surface area contributed by atoms with Gasteiger partial charge in [0.2, 0.25) is 0 Å². The molecule has 1 aromatic carbocycles. The second kappa shape index (κ2) is 3.59. The summed E-state index contributed by atoms with van der Waals surface area (Å²) < 4.78 is 17.5. The average molecular weight is 187 g/mol. The second-order valence-corrected chi connectivity index (χ2v) is 2.66. The van der Waals surface area contributed by atoms with Crippen molar-refractivity contribution < 1.29 is 9.13 Å². The molecule has 0 bridgehead atoms. The van der Waals surface area contributed by atoms with Crippen LogP contribution in [0, 0.1) is 5.82 Å². The molecule has 0 atom stereocenters. The highest BCUT2D eigenvalue weighted by Crippen LogP contribution is 2.20. The third-order valence-corrected chi connectivity index (χ3v) is 1.78. The maximum atomic E-state index is 12.7. The summed E-state index contributed by atoms with van der Waals surface area (Å²) in [7, 11) is 1.50. The van der Waals surface area contributed by atoms with Crippen LogP contribution in [-0.4, -0.2) is 7.11 Å². The minimum absolute atomic E-state index is 0.0747. The molecule has 0 unspecified atom stereocenters. The van der Waals surface area contributed by atoms with Gasteiger partial charge in [-0.05, 0) is 18.2 Å². The van der Waals surface area contributed by atoms with E-state index in [2.05, 4.69) is 6.58 Å². The van der Waals surface area contributed by atoms with Crippen LogP contribution in [0.5, 0.6) is 0 Å². The van der Waals surface area contributed by atoms with Crippen molar-refractivity contribution >= 4 is 17.4 Å². The van der Waals surface area contributed by atoms with E-state index in [0.717, 1.165) is 0 Å². The molecule has 0 spiro atoms. The third-order valence-electron chi connectivity index (χ3n) is 1.49. The van der Waals surface area contributed by atoms with Crippen LogP contribution in [0.15, 0.2) is 24.8 Å². The lowest BCUT2D eigenvalue weighted by Gasteiger charge is -2.04. The topological polar surface area (TPSA) is 9.23 Å². The number of halogens is 2. The van der Waals surface area contributed by atoms with Crippen LogP contribution in [0.2, 0.25) is 5.02 Å². The molecule has 1 nitrogen and oxygen atoms in total. The van der Waals surface area contributed by atoms with Gasteiger partial charge in [0.25, 0.3) is 0 Å². The zero-order valence-corrected chi connectivity index (χ0v) is 7.36. The second-order valence-electron chi connectivity index (χ2n) is 2.26. The van der Waals surface area contributed by atoms with Gasteiger partial charge in [-0.2, -0.15) is 0 Å². The Labute approximate surface area is 75.4 Å². The summed E-state index contributed by atoms with van der Waals surface area (Å²) in [4.78, 5) is 0. The first-order valence-corrected chi connectivity index (χ1v) is 3.71. The maximum Gasteiger partial charge on any atom is 0.141 e. The van der Waals surface area contributed by atoms with Crippen molar-refractivity contribution in [3.05, 3.63) is 41.2 Å². The number of hydrogen-bond acceptors (Lipinski definition) is 1. The molecule has 0 saturated carbocycles. The predicted molar refractivity (Wildman–Crippen MR) is 47.5 cm³/mol. The molecule has 0 amide bonds. The summed E-state index contributed by atoms with van der Waals surface area (Å²) in [5.74, 6) is 0.0289. The van der Waals surface area contributed by atoms with Gasteiger partial charge in [0.1, 0.15) is 11.6 Å². The molecule has 0 fully saturated rings. The number of hydrogen-bond donors (Lipinski definition) is 0. The van der Waals surface area contributed by atoms with Gasteiger partial charge in [0.15, 0.2) is 0 Å². The molecule has 0 aliphatic rings. The number of methoxy groups -OCH3 is 1. The van der Waals surface area contributed by atoms with Crippen LogP contribution >= 0.6 is 11.6 Å². The van der Waals surface area contributed by atoms with Crippen LogP contribution in [0.25, 0.3) is 5.76 Å². The highest BCUT2D eigenvalue weighted by atomic mass is 35.5. The molecule has 0 N–H and O–H groups in total. The number of benzene rings is 1. The molecule has 0 heterocycles. The Bertz CT molecular complexity index is 309. The minimum Gasteiger partial charge on any atom is -0.497 e. The van der Waals surface area contributed by atoms with E-state index >= 15 is 0 Å². The van der Waals surface area contributed by atoms with Crippen molar-refractivity contribution in [1.29, 1.82) is 0 Å². The molecule has 3 heteroatoms. The van der Waals surface area contributed by atoms with Gasteiger partial charge < -0.3 is 4.74 Å². The third kappa shape index (κ3) is 1.77. The van der Waals surface area contributed by atoms with Crippen LogP contribution in [-0.2, 0) is 4.74 Å². The zero-order chi connectivity index (χ0) is 9.14. The average Bonchev–Trinajstić information content (AvgIpc) is 2.08. The van der Waals surface area contributed by atoms with E-state index in [1.165, 1.54) is 19.2 Å². The molecule has 1 aromatic rings. The van der Waals surface area contributed by atoms with Gasteiger partial charge in [-0.25, -0.2) is 4.39 Å². The van der Waals surface area contributed by atoms with E-state index in [1.807, 2.05) is 0 Å². The first-order valence-electron chi connectivity index (χ1n) is 3.33. The fraction of sp³-hybridized carbons (Fsp3) is 0.111. The molecule has 64 valence electrons. The molecule has 0 aromatic heterocycles. The number of ether oxygens (including phenoxy) is 1. The fourth-order valence-corrected chi connectivity index (χ4v) is 0.968. The predicted octanol–water partition coefficient (Wildman–Crippen LogP) is 3.10. The molecule has 1 rings (SSSR count). The molecule has 0 radical (unpaired) electrons. The van der Waals surface area contributed by atoms with Crippen molar-refractivity contribution in [2.24, 2.45) is 0 Å². The van der Waals surface area contributed by atoms with Crippen molar-refractivity contribution in [2.75, 3.05) is 7.11 Å². The monoisotopic (exact) mass is 186 g/mol. The highest BCUT2D eigenvalue weighted by molar-refractivity contribution is 6.30. The lowest BCUT2D eigenvalue weighted by atomic mass is 10.2. The van der Waals surface area contributed by atoms with Crippen LogP contribution in [0.3, 0.4) is 0 Å². The van der Waals surface area contributed by atoms with Crippen LogP contribution in [0.1, 0.15) is 5.56 Å². The van der Waals surface area contributed by atoms with Crippen LogP contribution < -0.4 is 0 Å². The summed E-state index contributed by atoms with van der Waals surface area (Å²) in [6.45, 7) is 3.61. The van der Waals surface area contributed by atoms with Gasteiger partial charge in [-0.1, -0.05) is 18.2 Å². The van der Waals surface area contributed by atoms with Crippen molar-refractivity contribution in [1.82, 2.24) is 0 Å². The van der Waals surface area contributed by atoms with Gasteiger partial charge in [0, 0.05) is 5.56 Å². The van der Waals surface area contributed by atoms with Crippen LogP contribution in [0.4, 0.5) is 4.39 Å². The lowest BCUT2D eigenvalue weighted by molar-refractivity contribution is 0.371. The summed E-state index contributed by atoms with van der Waals surface area (Å²) in [6, 6.07) is 4.32. The number of rotatable bonds is 2. The maximum absolute atomic E-state index is 12.7. The standard InChI is InChI=1S/C9H8ClFO/c1-6(12-2)7-3-4-9(11)8(10)5-7/h3-5H,1H2,2H3. The summed E-state index contributed by atoms with van der Waals surface area (Å²) in [5, 5.41) is 0.0747. The van der Waals surface area contributed by atoms with Gasteiger partial charge in [-0.3, -0.25) is 0 Å². The van der Waals surface area contributed by atoms with E-state index < -0.39 is 5.82 Å². The van der Waals surface area contributed by atoms with E-state index in [9.17, 15) is 4.39 Å². The van der Waals surface area contributed by atoms with Crippen molar-refractivity contribution in [3.8, 4) is 0 Å². The normalized spacial score (nSPS) is 9.58. The Morgan fingerprint density at radius 2 is 2.25 bits per heavy atom. The van der Waals surface area contributed by atoms with Gasteiger partial charge in [-0.15, -0.1) is 0 Å². The molecular formula is C9H8ClFO. The van der Waals surface area contributed by atoms with E-state index in [0.29, 0.717) is 11.3 Å². The first-order chi connectivity index (χ1) is 5.65. The Morgan fingerprint density at radius 3 is 2.75 bits per heavy atom. The van der Waals surface area contributed by atoms with Crippen molar-refractivity contribution in [2.45, 2.75) is 0 Å². The van der Waals surface area contributed by atoms with E-state index in [1.54, 1.807) is 6.07 Å². The zero-order valence-electron chi connectivity index (χ0n) is 6.60. The smallest absolute Gasteiger partial charge is 0.141 e. The SMILES string of the molecule is C=C(OC)c1ccc(F)c(Cl)c1. The Balaban J connectivity index is 3.05. The Hall–Kier alpha value is -1.02. The molecule has 12 heavy (non-hydrogen) atoms. The van der Waals surface area contributed by atoms with Crippen molar-refractivity contribution in [3.63, 3.8) is 0 Å². The molecular weight excluding hydrogens is 179 g/mol. The Morgan fingerprint density at radius 1 is 1.58 bits per heavy atom. The van der Waals surface area contributed by atoms with Gasteiger partial charge >= 0.3 is 0 Å². The first kappa shape index (κ1) is 9.07. The summed E-state index contributed by atoms with van der Waals surface area (Å²) >= 11 is 5.54. The van der Waals surface area contributed by atoms with E-state index in [-0.39, 0.29) is 5.02 Å². The lowest BCUT2D eigenvalue weighted by Crippen LogP contribution is -1.86.